The number of aryl methyl sites for hydroxylation is 1. The molecule has 0 aromatic carbocycles. The number of amides is 1. The van der Waals surface area contributed by atoms with Crippen LogP contribution in [0.3, 0.4) is 0 Å². The topological polar surface area (TPSA) is 133 Å². The fourth-order valence-electron chi connectivity index (χ4n) is 3.64. The molecule has 1 aliphatic carbocycles. The van der Waals surface area contributed by atoms with Crippen molar-refractivity contribution in [1.82, 2.24) is 20.0 Å². The number of rotatable bonds is 7. The standard InChI is InChI=1S/C20H24N6O5S/c1-11-8-9-21-26(11)20-25-24-19(32-20)23-17(27)15-10-14(16(30-3)18(28)31-15)22-12-4-6-13(29-2)7-5-12/h8-10,12-13,22H,4-7H2,1-3H3,(H,23,24,27). The molecule has 170 valence electrons. The van der Waals surface area contributed by atoms with Gasteiger partial charge in [-0.3, -0.25) is 10.1 Å². The van der Waals surface area contributed by atoms with E-state index in [4.69, 9.17) is 13.9 Å². The van der Waals surface area contributed by atoms with Crippen LogP contribution in [0, 0.1) is 6.92 Å². The molecular formula is C20H24N6O5S. The minimum atomic E-state index is -0.738. The molecule has 1 saturated carbocycles. The van der Waals surface area contributed by atoms with E-state index in [1.165, 1.54) is 13.2 Å². The van der Waals surface area contributed by atoms with Gasteiger partial charge in [-0.2, -0.15) is 5.10 Å². The molecule has 3 aromatic rings. The van der Waals surface area contributed by atoms with E-state index >= 15 is 0 Å². The van der Waals surface area contributed by atoms with Gasteiger partial charge in [0.2, 0.25) is 16.0 Å². The van der Waals surface area contributed by atoms with Crippen molar-refractivity contribution in [3.05, 3.63) is 40.2 Å². The molecule has 0 aliphatic heterocycles. The van der Waals surface area contributed by atoms with Crippen LogP contribution < -0.4 is 21.0 Å². The first-order valence-corrected chi connectivity index (χ1v) is 11.0. The largest absolute Gasteiger partial charge is 0.488 e. The number of carbonyl (C=O) groups excluding carboxylic acids is 1. The average molecular weight is 461 g/mol. The molecule has 32 heavy (non-hydrogen) atoms. The summed E-state index contributed by atoms with van der Waals surface area (Å²) in [5.41, 5.74) is 0.564. The molecule has 1 aliphatic rings. The molecule has 0 saturated heterocycles. The van der Waals surface area contributed by atoms with Crippen molar-refractivity contribution in [2.75, 3.05) is 24.9 Å². The number of nitrogens with zero attached hydrogens (tertiary/aromatic N) is 4. The zero-order chi connectivity index (χ0) is 22.7. The van der Waals surface area contributed by atoms with E-state index in [-0.39, 0.29) is 28.8 Å². The third-order valence-corrected chi connectivity index (χ3v) is 6.17. The van der Waals surface area contributed by atoms with E-state index in [0.717, 1.165) is 42.7 Å². The van der Waals surface area contributed by atoms with Gasteiger partial charge in [-0.05, 0) is 38.7 Å². The van der Waals surface area contributed by atoms with Crippen molar-refractivity contribution in [2.24, 2.45) is 0 Å². The van der Waals surface area contributed by atoms with Gasteiger partial charge in [0.15, 0.2) is 5.76 Å². The second kappa shape index (κ2) is 9.49. The highest BCUT2D eigenvalue weighted by molar-refractivity contribution is 7.17. The minimum Gasteiger partial charge on any atom is -0.488 e. The lowest BCUT2D eigenvalue weighted by atomic mass is 9.93. The quantitative estimate of drug-likeness (QED) is 0.546. The summed E-state index contributed by atoms with van der Waals surface area (Å²) in [6.07, 6.45) is 5.49. The van der Waals surface area contributed by atoms with Gasteiger partial charge in [-0.15, -0.1) is 10.2 Å². The highest BCUT2D eigenvalue weighted by Gasteiger charge is 2.24. The molecule has 0 bridgehead atoms. The lowest BCUT2D eigenvalue weighted by Gasteiger charge is -2.29. The Morgan fingerprint density at radius 2 is 2.03 bits per heavy atom. The van der Waals surface area contributed by atoms with Gasteiger partial charge in [-0.1, -0.05) is 11.3 Å². The van der Waals surface area contributed by atoms with Crippen molar-refractivity contribution in [1.29, 1.82) is 0 Å². The Bertz CT molecular complexity index is 1150. The number of ether oxygens (including phenoxy) is 2. The Labute approximate surface area is 187 Å². The fraction of sp³-hybridized carbons (Fsp3) is 0.450. The molecule has 0 unspecified atom stereocenters. The van der Waals surface area contributed by atoms with Gasteiger partial charge in [0.1, 0.15) is 0 Å². The molecular weight excluding hydrogens is 436 g/mol. The van der Waals surface area contributed by atoms with Gasteiger partial charge in [0.05, 0.1) is 18.9 Å². The van der Waals surface area contributed by atoms with Crippen molar-refractivity contribution in [2.45, 2.75) is 44.8 Å². The summed E-state index contributed by atoms with van der Waals surface area (Å²) in [6, 6.07) is 3.44. The zero-order valence-electron chi connectivity index (χ0n) is 18.0. The van der Waals surface area contributed by atoms with Crippen LogP contribution in [-0.2, 0) is 4.74 Å². The van der Waals surface area contributed by atoms with Crippen molar-refractivity contribution >= 4 is 28.1 Å². The number of aromatic nitrogens is 4. The van der Waals surface area contributed by atoms with Gasteiger partial charge in [-0.25, -0.2) is 9.48 Å². The molecule has 0 radical (unpaired) electrons. The van der Waals surface area contributed by atoms with Gasteiger partial charge in [0.25, 0.3) is 5.91 Å². The molecule has 4 rings (SSSR count). The Morgan fingerprint density at radius 3 is 2.69 bits per heavy atom. The summed E-state index contributed by atoms with van der Waals surface area (Å²) >= 11 is 1.15. The molecule has 3 heterocycles. The zero-order valence-corrected chi connectivity index (χ0v) is 18.8. The maximum atomic E-state index is 12.7. The lowest BCUT2D eigenvalue weighted by molar-refractivity contribution is 0.0681. The molecule has 11 nitrogen and oxygen atoms in total. The third-order valence-electron chi connectivity index (χ3n) is 5.35. The van der Waals surface area contributed by atoms with E-state index < -0.39 is 11.5 Å². The lowest BCUT2D eigenvalue weighted by Crippen LogP contribution is -2.30. The first-order chi connectivity index (χ1) is 15.5. The highest BCUT2D eigenvalue weighted by atomic mass is 32.1. The van der Waals surface area contributed by atoms with E-state index in [1.807, 2.05) is 13.0 Å². The molecule has 1 amide bonds. The van der Waals surface area contributed by atoms with Crippen LogP contribution in [-0.4, -0.2) is 52.3 Å². The third kappa shape index (κ3) is 4.65. The maximum Gasteiger partial charge on any atom is 0.381 e. The average Bonchev–Trinajstić information content (AvgIpc) is 3.42. The second-order valence-corrected chi connectivity index (χ2v) is 8.38. The first-order valence-electron chi connectivity index (χ1n) is 10.2. The Morgan fingerprint density at radius 1 is 1.25 bits per heavy atom. The number of anilines is 2. The Kier molecular flexibility index (Phi) is 6.51. The van der Waals surface area contributed by atoms with Crippen molar-refractivity contribution in [3.63, 3.8) is 0 Å². The van der Waals surface area contributed by atoms with E-state index in [0.29, 0.717) is 10.8 Å². The SMILES string of the molecule is COc1c(NC2CCC(OC)CC2)cc(C(=O)Nc2nnc(-n3nccc3C)s2)oc1=O. The maximum absolute atomic E-state index is 12.7. The van der Waals surface area contributed by atoms with Crippen LogP contribution in [0.4, 0.5) is 10.8 Å². The summed E-state index contributed by atoms with van der Waals surface area (Å²) in [6.45, 7) is 1.88. The smallest absolute Gasteiger partial charge is 0.381 e. The van der Waals surface area contributed by atoms with Crippen LogP contribution in [0.5, 0.6) is 5.75 Å². The fourth-order valence-corrected chi connectivity index (χ4v) is 4.40. The number of hydrogen-bond acceptors (Lipinski definition) is 10. The predicted octanol–water partition coefficient (Wildman–Crippen LogP) is 2.62. The summed E-state index contributed by atoms with van der Waals surface area (Å²) in [7, 11) is 3.10. The van der Waals surface area contributed by atoms with Gasteiger partial charge < -0.3 is 19.2 Å². The monoisotopic (exact) mass is 460 g/mol. The Balaban J connectivity index is 1.51. The van der Waals surface area contributed by atoms with Crippen molar-refractivity contribution in [3.8, 4) is 10.9 Å². The summed E-state index contributed by atoms with van der Waals surface area (Å²) in [4.78, 5) is 25.2. The second-order valence-electron chi connectivity index (χ2n) is 7.43. The van der Waals surface area contributed by atoms with Crippen LogP contribution in [0.25, 0.3) is 5.13 Å². The summed E-state index contributed by atoms with van der Waals surface area (Å²) < 4.78 is 17.4. The van der Waals surface area contributed by atoms with Crippen molar-refractivity contribution < 1.29 is 18.7 Å². The highest BCUT2D eigenvalue weighted by Crippen LogP contribution is 2.28. The van der Waals surface area contributed by atoms with E-state index in [1.54, 1.807) is 18.0 Å². The summed E-state index contributed by atoms with van der Waals surface area (Å²) in [5, 5.41) is 18.9. The molecule has 3 aromatic heterocycles. The van der Waals surface area contributed by atoms with E-state index in [9.17, 15) is 9.59 Å². The van der Waals surface area contributed by atoms with Crippen LogP contribution in [0.15, 0.2) is 27.5 Å². The Hall–Kier alpha value is -3.25. The predicted molar refractivity (Wildman–Crippen MR) is 118 cm³/mol. The minimum absolute atomic E-state index is 0.0303. The molecule has 1 fully saturated rings. The number of carbonyl (C=O) groups is 1. The summed E-state index contributed by atoms with van der Waals surface area (Å²) in [5.74, 6) is -0.741. The van der Waals surface area contributed by atoms with Crippen LogP contribution in [0.2, 0.25) is 0 Å². The number of methoxy groups -OCH3 is 2. The van der Waals surface area contributed by atoms with Crippen LogP contribution >= 0.6 is 11.3 Å². The van der Waals surface area contributed by atoms with Crippen LogP contribution in [0.1, 0.15) is 41.9 Å². The molecule has 0 spiro atoms. The first kappa shape index (κ1) is 22.0. The van der Waals surface area contributed by atoms with Gasteiger partial charge in [0, 0.05) is 31.1 Å². The molecule has 12 heteroatoms. The number of nitrogens with one attached hydrogen (secondary N) is 2. The normalized spacial score (nSPS) is 18.3. The molecule has 2 N–H and O–H groups in total. The number of hydrogen-bond donors (Lipinski definition) is 2. The van der Waals surface area contributed by atoms with Gasteiger partial charge >= 0.3 is 5.63 Å². The molecule has 0 atom stereocenters. The van der Waals surface area contributed by atoms with E-state index in [2.05, 4.69) is 25.9 Å².